The summed E-state index contributed by atoms with van der Waals surface area (Å²) in [6, 6.07) is 1.34. The van der Waals surface area contributed by atoms with Crippen LogP contribution in [0.5, 0.6) is 0 Å². The molecule has 0 radical (unpaired) electrons. The highest BCUT2D eigenvalue weighted by Crippen LogP contribution is 2.17. The van der Waals surface area contributed by atoms with Gasteiger partial charge in [0.25, 0.3) is 0 Å². The van der Waals surface area contributed by atoms with Crippen LogP contribution in [0.3, 0.4) is 0 Å². The van der Waals surface area contributed by atoms with Crippen molar-refractivity contribution in [2.45, 2.75) is 32.7 Å². The van der Waals surface area contributed by atoms with Crippen molar-refractivity contribution in [2.75, 3.05) is 11.9 Å². The number of nitrogens with zero attached hydrogens (tertiary/aromatic N) is 1. The largest absolute Gasteiger partial charge is 0.478 e. The van der Waals surface area contributed by atoms with Gasteiger partial charge in [0.2, 0.25) is 5.91 Å². The van der Waals surface area contributed by atoms with E-state index in [0.29, 0.717) is 12.4 Å². The SMILES string of the molecule is CC(C)(C)NC(=O)CCNc1cc(C(=O)O)c(Cl)cn1. The molecule has 20 heavy (non-hydrogen) atoms. The standard InChI is InChI=1S/C13H18ClN3O3/c1-13(2,3)17-11(18)4-5-15-10-6-8(12(19)20)9(14)7-16-10/h6-7H,4-5H2,1-3H3,(H,15,16)(H,17,18)(H,19,20). The first-order chi connectivity index (χ1) is 9.19. The Morgan fingerprint density at radius 1 is 1.40 bits per heavy atom. The highest BCUT2D eigenvalue weighted by atomic mass is 35.5. The van der Waals surface area contributed by atoms with Gasteiger partial charge in [-0.05, 0) is 26.8 Å². The molecule has 0 saturated heterocycles. The van der Waals surface area contributed by atoms with Gasteiger partial charge in [0.15, 0.2) is 0 Å². The summed E-state index contributed by atoms with van der Waals surface area (Å²) in [4.78, 5) is 26.5. The molecule has 0 aliphatic carbocycles. The smallest absolute Gasteiger partial charge is 0.337 e. The molecule has 6 nitrogen and oxygen atoms in total. The van der Waals surface area contributed by atoms with Crippen LogP contribution in [0, 0.1) is 0 Å². The summed E-state index contributed by atoms with van der Waals surface area (Å²) in [7, 11) is 0. The molecule has 0 bridgehead atoms. The fourth-order valence-electron chi connectivity index (χ4n) is 1.48. The Kier molecular flexibility index (Phi) is 5.33. The number of carbonyl (C=O) groups is 2. The van der Waals surface area contributed by atoms with Crippen LogP contribution in [0.15, 0.2) is 12.3 Å². The van der Waals surface area contributed by atoms with E-state index in [1.165, 1.54) is 12.3 Å². The van der Waals surface area contributed by atoms with Crippen molar-refractivity contribution in [3.63, 3.8) is 0 Å². The molecule has 1 aromatic heterocycles. The number of nitrogens with one attached hydrogen (secondary N) is 2. The number of carbonyl (C=O) groups excluding carboxylic acids is 1. The average Bonchev–Trinajstić information content (AvgIpc) is 2.28. The fraction of sp³-hybridized carbons (Fsp3) is 0.462. The van der Waals surface area contributed by atoms with Gasteiger partial charge in [-0.1, -0.05) is 11.6 Å². The Labute approximate surface area is 122 Å². The summed E-state index contributed by atoms with van der Waals surface area (Å²) in [6.07, 6.45) is 1.53. The molecular weight excluding hydrogens is 282 g/mol. The first kappa shape index (κ1) is 16.2. The predicted molar refractivity (Wildman–Crippen MR) is 77.2 cm³/mol. The highest BCUT2D eigenvalue weighted by molar-refractivity contribution is 6.33. The molecule has 7 heteroatoms. The second kappa shape index (κ2) is 6.56. The number of carboxylic acids is 1. The number of aromatic nitrogens is 1. The van der Waals surface area contributed by atoms with Crippen molar-refractivity contribution in [1.82, 2.24) is 10.3 Å². The number of pyridine rings is 1. The lowest BCUT2D eigenvalue weighted by Crippen LogP contribution is -2.41. The first-order valence-electron chi connectivity index (χ1n) is 6.13. The summed E-state index contributed by atoms with van der Waals surface area (Å²) in [5, 5.41) is 14.7. The molecule has 3 N–H and O–H groups in total. The van der Waals surface area contributed by atoms with Gasteiger partial charge in [-0.3, -0.25) is 4.79 Å². The minimum Gasteiger partial charge on any atom is -0.478 e. The molecule has 0 aliphatic heterocycles. The third-order valence-corrected chi connectivity index (χ3v) is 2.56. The average molecular weight is 300 g/mol. The monoisotopic (exact) mass is 299 g/mol. The summed E-state index contributed by atoms with van der Waals surface area (Å²) in [6.45, 7) is 6.06. The van der Waals surface area contributed by atoms with Crippen molar-refractivity contribution >= 4 is 29.3 Å². The summed E-state index contributed by atoms with van der Waals surface area (Å²) in [5.41, 5.74) is -0.296. The second-order valence-corrected chi connectivity index (χ2v) is 5.74. The Bertz CT molecular complexity index is 512. The molecule has 0 unspecified atom stereocenters. The lowest BCUT2D eigenvalue weighted by atomic mass is 10.1. The molecule has 0 spiro atoms. The number of amides is 1. The van der Waals surface area contributed by atoms with E-state index >= 15 is 0 Å². The number of carboxylic acid groups (broad SMARTS) is 1. The van der Waals surface area contributed by atoms with Crippen LogP contribution in [-0.4, -0.2) is 34.1 Å². The van der Waals surface area contributed by atoms with Crippen molar-refractivity contribution < 1.29 is 14.7 Å². The quantitative estimate of drug-likeness (QED) is 0.775. The van der Waals surface area contributed by atoms with Crippen LogP contribution < -0.4 is 10.6 Å². The normalized spacial score (nSPS) is 11.0. The van der Waals surface area contributed by atoms with Crippen LogP contribution in [0.1, 0.15) is 37.6 Å². The van der Waals surface area contributed by atoms with Gasteiger partial charge in [-0.15, -0.1) is 0 Å². The van der Waals surface area contributed by atoms with Gasteiger partial charge in [-0.2, -0.15) is 0 Å². The number of aromatic carboxylic acids is 1. The lowest BCUT2D eigenvalue weighted by Gasteiger charge is -2.20. The van der Waals surface area contributed by atoms with Crippen molar-refractivity contribution in [2.24, 2.45) is 0 Å². The van der Waals surface area contributed by atoms with E-state index in [1.54, 1.807) is 0 Å². The molecule has 0 atom stereocenters. The van der Waals surface area contributed by atoms with Crippen LogP contribution in [0.25, 0.3) is 0 Å². The minimum atomic E-state index is -1.12. The number of halogens is 1. The fourth-order valence-corrected chi connectivity index (χ4v) is 1.67. The Morgan fingerprint density at radius 3 is 2.60 bits per heavy atom. The van der Waals surface area contributed by atoms with Crippen LogP contribution in [0.4, 0.5) is 5.82 Å². The molecule has 0 aromatic carbocycles. The Balaban J connectivity index is 2.53. The van der Waals surface area contributed by atoms with E-state index in [-0.39, 0.29) is 28.5 Å². The van der Waals surface area contributed by atoms with Gasteiger partial charge in [0.05, 0.1) is 10.6 Å². The van der Waals surface area contributed by atoms with Gasteiger partial charge < -0.3 is 15.7 Å². The van der Waals surface area contributed by atoms with Gasteiger partial charge in [0, 0.05) is 24.7 Å². The lowest BCUT2D eigenvalue weighted by molar-refractivity contribution is -0.122. The highest BCUT2D eigenvalue weighted by Gasteiger charge is 2.14. The van der Waals surface area contributed by atoms with Crippen LogP contribution in [0.2, 0.25) is 5.02 Å². The molecular formula is C13H18ClN3O3. The Hall–Kier alpha value is -1.82. The molecule has 1 heterocycles. The van der Waals surface area contributed by atoms with E-state index in [1.807, 2.05) is 20.8 Å². The Morgan fingerprint density at radius 2 is 2.05 bits per heavy atom. The van der Waals surface area contributed by atoms with Crippen LogP contribution in [-0.2, 0) is 4.79 Å². The van der Waals surface area contributed by atoms with Crippen molar-refractivity contribution in [1.29, 1.82) is 0 Å². The van der Waals surface area contributed by atoms with E-state index in [2.05, 4.69) is 15.6 Å². The molecule has 1 rings (SSSR count). The molecule has 0 fully saturated rings. The molecule has 110 valence electrons. The number of hydrogen-bond donors (Lipinski definition) is 3. The van der Waals surface area contributed by atoms with Gasteiger partial charge in [0.1, 0.15) is 5.82 Å². The predicted octanol–water partition coefficient (Wildman–Crippen LogP) is 2.15. The molecule has 0 saturated carbocycles. The zero-order valence-corrected chi connectivity index (χ0v) is 12.4. The molecule has 1 amide bonds. The molecule has 0 aliphatic rings. The van der Waals surface area contributed by atoms with E-state index in [9.17, 15) is 9.59 Å². The van der Waals surface area contributed by atoms with Crippen molar-refractivity contribution in [3.8, 4) is 0 Å². The van der Waals surface area contributed by atoms with Gasteiger partial charge >= 0.3 is 5.97 Å². The summed E-state index contributed by atoms with van der Waals surface area (Å²) >= 11 is 5.71. The maximum Gasteiger partial charge on any atom is 0.337 e. The summed E-state index contributed by atoms with van der Waals surface area (Å²) in [5.74, 6) is -0.835. The minimum absolute atomic E-state index is 0.0247. The van der Waals surface area contributed by atoms with E-state index in [0.717, 1.165) is 0 Å². The zero-order chi connectivity index (χ0) is 15.3. The third kappa shape index (κ3) is 5.44. The van der Waals surface area contributed by atoms with Crippen LogP contribution >= 0.6 is 11.6 Å². The topological polar surface area (TPSA) is 91.3 Å². The maximum absolute atomic E-state index is 11.6. The van der Waals surface area contributed by atoms with E-state index < -0.39 is 5.97 Å². The number of anilines is 1. The van der Waals surface area contributed by atoms with Gasteiger partial charge in [-0.25, -0.2) is 9.78 Å². The second-order valence-electron chi connectivity index (χ2n) is 5.33. The summed E-state index contributed by atoms with van der Waals surface area (Å²) < 4.78 is 0. The van der Waals surface area contributed by atoms with E-state index in [4.69, 9.17) is 16.7 Å². The number of hydrogen-bond acceptors (Lipinski definition) is 4. The zero-order valence-electron chi connectivity index (χ0n) is 11.7. The van der Waals surface area contributed by atoms with Crippen molar-refractivity contribution in [3.05, 3.63) is 22.8 Å². The molecule has 1 aromatic rings. The first-order valence-corrected chi connectivity index (χ1v) is 6.50. The maximum atomic E-state index is 11.6. The third-order valence-electron chi connectivity index (χ3n) is 2.26. The number of rotatable bonds is 5.